The number of carbonyl (C=O) groups is 3. The van der Waals surface area contributed by atoms with Gasteiger partial charge < -0.3 is 14.8 Å². The van der Waals surface area contributed by atoms with Crippen molar-refractivity contribution in [2.75, 3.05) is 20.3 Å². The third-order valence-electron chi connectivity index (χ3n) is 4.81. The van der Waals surface area contributed by atoms with Crippen molar-refractivity contribution in [3.05, 3.63) is 34.9 Å². The zero-order valence-electron chi connectivity index (χ0n) is 15.2. The number of methoxy groups -OCH3 is 1. The summed E-state index contributed by atoms with van der Waals surface area (Å²) in [5.41, 5.74) is 0.982. The van der Waals surface area contributed by atoms with E-state index in [1.54, 1.807) is 19.1 Å². The Morgan fingerprint density at radius 3 is 2.63 bits per heavy atom. The Morgan fingerprint density at radius 1 is 1.22 bits per heavy atom. The number of nitrogens with one attached hydrogen (secondary N) is 1. The number of hydrogen-bond acceptors (Lipinski definition) is 7. The molecule has 3 rings (SSSR count). The average molecular weight is 371 g/mol. The molecule has 8 nitrogen and oxygen atoms in total. The molecule has 142 valence electrons. The van der Waals surface area contributed by atoms with Gasteiger partial charge in [-0.1, -0.05) is 12.1 Å². The minimum Gasteiger partial charge on any atom is -0.468 e. The molecule has 8 heteroatoms. The van der Waals surface area contributed by atoms with Crippen LogP contribution in [0.1, 0.15) is 28.4 Å². The fourth-order valence-electron chi connectivity index (χ4n) is 3.52. The molecule has 0 fully saturated rings. The van der Waals surface area contributed by atoms with E-state index in [0.29, 0.717) is 18.4 Å². The number of hydrogen-bond donors (Lipinski definition) is 1. The van der Waals surface area contributed by atoms with Crippen LogP contribution in [0.4, 0.5) is 0 Å². The summed E-state index contributed by atoms with van der Waals surface area (Å²) in [7, 11) is 1.26. The Bertz CT molecular complexity index is 819. The van der Waals surface area contributed by atoms with E-state index >= 15 is 0 Å². The van der Waals surface area contributed by atoms with Crippen molar-refractivity contribution in [3.63, 3.8) is 0 Å². The maximum Gasteiger partial charge on any atom is 0.357 e. The largest absolute Gasteiger partial charge is 0.468 e. The van der Waals surface area contributed by atoms with E-state index in [0.717, 1.165) is 11.1 Å². The Morgan fingerprint density at radius 2 is 1.96 bits per heavy atom. The smallest absolute Gasteiger partial charge is 0.357 e. The predicted octanol–water partition coefficient (Wildman–Crippen LogP) is 0.719. The molecular weight excluding hydrogens is 350 g/mol. The highest BCUT2D eigenvalue weighted by atomic mass is 16.5. The van der Waals surface area contributed by atoms with Crippen molar-refractivity contribution >= 4 is 30.3 Å². The van der Waals surface area contributed by atoms with E-state index < -0.39 is 17.6 Å². The minimum atomic E-state index is -1.30. The molecule has 0 aromatic heterocycles. The number of ether oxygens (including phenoxy) is 2. The Kier molecular flexibility index (Phi) is 5.34. The zero-order valence-corrected chi connectivity index (χ0v) is 15.2. The average Bonchev–Trinajstić information content (AvgIpc) is 3.33. The summed E-state index contributed by atoms with van der Waals surface area (Å²) in [5.74, 6) is -1.60. The van der Waals surface area contributed by atoms with Crippen LogP contribution in [0.25, 0.3) is 0 Å². The molecule has 1 unspecified atom stereocenters. The molecule has 0 radical (unpaired) electrons. The summed E-state index contributed by atoms with van der Waals surface area (Å²) < 4.78 is 9.74. The van der Waals surface area contributed by atoms with Crippen molar-refractivity contribution in [2.45, 2.75) is 25.4 Å². The van der Waals surface area contributed by atoms with Crippen LogP contribution in [0.3, 0.4) is 0 Å². The number of amides is 1. The van der Waals surface area contributed by atoms with Gasteiger partial charge >= 0.3 is 11.9 Å². The Hall–Kier alpha value is -3.03. The molecule has 1 amide bonds. The molecular formula is C19H21N3O5. The summed E-state index contributed by atoms with van der Waals surface area (Å²) in [6, 6.07) is 5.41. The third kappa shape index (κ3) is 3.47. The SMILES string of the molecule is CCOC(=O)C1(C2Cc3cccc(C(=O)NCC(=O)OC)c3C2)N=CC=N1. The van der Waals surface area contributed by atoms with Gasteiger partial charge in [-0.25, -0.2) is 4.79 Å². The summed E-state index contributed by atoms with van der Waals surface area (Å²) >= 11 is 0. The minimum absolute atomic E-state index is 0.205. The monoisotopic (exact) mass is 371 g/mol. The van der Waals surface area contributed by atoms with Crippen LogP contribution in [-0.2, 0) is 31.9 Å². The Balaban J connectivity index is 1.83. The van der Waals surface area contributed by atoms with Crippen LogP contribution in [-0.4, -0.2) is 56.2 Å². The maximum absolute atomic E-state index is 12.6. The van der Waals surface area contributed by atoms with Gasteiger partial charge in [0.05, 0.1) is 13.7 Å². The normalized spacial score (nSPS) is 18.8. The van der Waals surface area contributed by atoms with Crippen LogP contribution in [0.5, 0.6) is 0 Å². The number of nitrogens with zero attached hydrogens (tertiary/aromatic N) is 2. The number of fused-ring (bicyclic) bond motifs is 1. The summed E-state index contributed by atoms with van der Waals surface area (Å²) in [6.45, 7) is 1.78. The predicted molar refractivity (Wildman–Crippen MR) is 98.0 cm³/mol. The lowest BCUT2D eigenvalue weighted by Crippen LogP contribution is -2.43. The summed E-state index contributed by atoms with van der Waals surface area (Å²) in [6.07, 6.45) is 4.03. The quantitative estimate of drug-likeness (QED) is 0.742. The number of esters is 2. The lowest BCUT2D eigenvalue weighted by molar-refractivity contribution is -0.151. The van der Waals surface area contributed by atoms with Gasteiger partial charge in [-0.05, 0) is 37.0 Å². The second-order valence-electron chi connectivity index (χ2n) is 6.31. The first kappa shape index (κ1) is 18.8. The molecule has 0 saturated carbocycles. The number of rotatable bonds is 6. The van der Waals surface area contributed by atoms with Gasteiger partial charge in [-0.15, -0.1) is 0 Å². The summed E-state index contributed by atoms with van der Waals surface area (Å²) in [4.78, 5) is 44.9. The molecule has 1 N–H and O–H groups in total. The van der Waals surface area contributed by atoms with E-state index in [-0.39, 0.29) is 25.0 Å². The molecule has 1 aromatic carbocycles. The highest BCUT2D eigenvalue weighted by Crippen LogP contribution is 2.40. The molecule has 1 heterocycles. The maximum atomic E-state index is 12.6. The first-order valence-corrected chi connectivity index (χ1v) is 8.73. The van der Waals surface area contributed by atoms with Gasteiger partial charge in [0.25, 0.3) is 11.6 Å². The molecule has 1 atom stereocenters. The van der Waals surface area contributed by atoms with Crippen LogP contribution in [0.2, 0.25) is 0 Å². The number of carbonyl (C=O) groups excluding carboxylic acids is 3. The van der Waals surface area contributed by atoms with Gasteiger partial charge in [-0.3, -0.25) is 19.6 Å². The van der Waals surface area contributed by atoms with Gasteiger partial charge in [0, 0.05) is 23.9 Å². The molecule has 0 spiro atoms. The van der Waals surface area contributed by atoms with Crippen molar-refractivity contribution < 1.29 is 23.9 Å². The number of benzene rings is 1. The van der Waals surface area contributed by atoms with Gasteiger partial charge in [0.2, 0.25) is 0 Å². The first-order chi connectivity index (χ1) is 13.0. The molecule has 27 heavy (non-hydrogen) atoms. The molecule has 1 aliphatic carbocycles. The van der Waals surface area contributed by atoms with E-state index in [4.69, 9.17) is 4.74 Å². The van der Waals surface area contributed by atoms with E-state index in [1.165, 1.54) is 19.5 Å². The van der Waals surface area contributed by atoms with Gasteiger partial charge in [0.1, 0.15) is 6.54 Å². The lowest BCUT2D eigenvalue weighted by Gasteiger charge is -2.27. The second kappa shape index (κ2) is 7.69. The van der Waals surface area contributed by atoms with Crippen LogP contribution in [0.15, 0.2) is 28.2 Å². The zero-order chi connectivity index (χ0) is 19.4. The molecule has 1 aromatic rings. The Labute approximate surface area is 156 Å². The number of aliphatic imine (C=N–C) groups is 2. The van der Waals surface area contributed by atoms with Crippen LogP contribution < -0.4 is 5.32 Å². The third-order valence-corrected chi connectivity index (χ3v) is 4.81. The molecule has 0 bridgehead atoms. The van der Waals surface area contributed by atoms with E-state index in [1.807, 2.05) is 6.07 Å². The molecule has 2 aliphatic rings. The van der Waals surface area contributed by atoms with Crippen molar-refractivity contribution in [1.82, 2.24) is 5.32 Å². The van der Waals surface area contributed by atoms with Crippen LogP contribution in [0, 0.1) is 5.92 Å². The fourth-order valence-corrected chi connectivity index (χ4v) is 3.52. The van der Waals surface area contributed by atoms with Crippen molar-refractivity contribution in [2.24, 2.45) is 15.9 Å². The topological polar surface area (TPSA) is 106 Å². The standard InChI is InChI=1S/C19H21N3O5/c1-3-27-18(25)19(21-7-8-22-19)13-9-12-5-4-6-14(15(12)10-13)17(24)20-11-16(23)26-2/h4-8,13H,3,9-11H2,1-2H3,(H,20,24). The second-order valence-corrected chi connectivity index (χ2v) is 6.31. The van der Waals surface area contributed by atoms with Crippen molar-refractivity contribution in [3.8, 4) is 0 Å². The first-order valence-electron chi connectivity index (χ1n) is 8.73. The summed E-state index contributed by atoms with van der Waals surface area (Å²) in [5, 5.41) is 2.55. The van der Waals surface area contributed by atoms with E-state index in [9.17, 15) is 14.4 Å². The lowest BCUT2D eigenvalue weighted by atomic mass is 9.90. The van der Waals surface area contributed by atoms with Crippen molar-refractivity contribution in [1.29, 1.82) is 0 Å². The van der Waals surface area contributed by atoms with Crippen LogP contribution >= 0.6 is 0 Å². The van der Waals surface area contributed by atoms with Gasteiger partial charge in [-0.2, -0.15) is 0 Å². The van der Waals surface area contributed by atoms with Gasteiger partial charge in [0.15, 0.2) is 0 Å². The highest BCUT2D eigenvalue weighted by Gasteiger charge is 2.50. The fraction of sp³-hybridized carbons (Fsp3) is 0.421. The molecule has 0 saturated heterocycles. The molecule has 1 aliphatic heterocycles. The van der Waals surface area contributed by atoms with E-state index in [2.05, 4.69) is 20.0 Å². The highest BCUT2D eigenvalue weighted by molar-refractivity contribution is 6.19.